The van der Waals surface area contributed by atoms with Crippen molar-refractivity contribution in [3.05, 3.63) is 18.0 Å². The lowest BCUT2D eigenvalue weighted by Gasteiger charge is -1.65. The Hall–Kier alpha value is -0.360. The van der Waals surface area contributed by atoms with Crippen LogP contribution < -0.4 is 0 Å². The van der Waals surface area contributed by atoms with Gasteiger partial charge < -0.3 is 0 Å². The molecule has 0 aliphatic carbocycles. The molecule has 0 saturated heterocycles. The lowest BCUT2D eigenvalue weighted by atomic mass is 10.5. The highest BCUT2D eigenvalue weighted by Crippen LogP contribution is 1.82. The Balaban J connectivity index is 0.000000360. The molecule has 0 saturated carbocycles. The molecule has 0 radical (unpaired) electrons. The maximum atomic E-state index is 3.79. The largest absolute Gasteiger partial charge is 0.285 e. The summed E-state index contributed by atoms with van der Waals surface area (Å²) in [4.78, 5) is 0. The molecular formula is C4H9N2P. The summed E-state index contributed by atoms with van der Waals surface area (Å²) in [6, 6.07) is 1.92. The molecule has 0 spiro atoms. The van der Waals surface area contributed by atoms with E-state index in [0.29, 0.717) is 0 Å². The predicted molar refractivity (Wildman–Crippen MR) is 34.4 cm³/mol. The van der Waals surface area contributed by atoms with Crippen LogP contribution in [-0.4, -0.2) is 10.2 Å². The third-order valence-electron chi connectivity index (χ3n) is 0.640. The van der Waals surface area contributed by atoms with Crippen LogP contribution in [-0.2, 0) is 0 Å². The molecule has 0 fully saturated rings. The van der Waals surface area contributed by atoms with Crippen LogP contribution in [0.15, 0.2) is 12.3 Å². The van der Waals surface area contributed by atoms with E-state index in [0.717, 1.165) is 5.69 Å². The molecule has 3 heteroatoms. The van der Waals surface area contributed by atoms with Crippen molar-refractivity contribution < 1.29 is 0 Å². The SMILES string of the molecule is Cc1cc[nH]n1.P. The normalized spacial score (nSPS) is 7.57. The maximum absolute atomic E-state index is 3.79. The van der Waals surface area contributed by atoms with Gasteiger partial charge in [-0.25, -0.2) is 0 Å². The average Bonchev–Trinajstić information content (AvgIpc) is 1.86. The van der Waals surface area contributed by atoms with Crippen molar-refractivity contribution in [2.75, 3.05) is 0 Å². The minimum Gasteiger partial charge on any atom is -0.285 e. The first-order valence-electron chi connectivity index (χ1n) is 1.86. The molecule has 1 unspecified atom stereocenters. The van der Waals surface area contributed by atoms with Gasteiger partial charge in [0, 0.05) is 6.20 Å². The summed E-state index contributed by atoms with van der Waals surface area (Å²) in [5.41, 5.74) is 1.04. The quantitative estimate of drug-likeness (QED) is 0.498. The van der Waals surface area contributed by atoms with E-state index in [-0.39, 0.29) is 9.90 Å². The van der Waals surface area contributed by atoms with E-state index in [2.05, 4.69) is 10.2 Å². The Morgan fingerprint density at radius 3 is 2.57 bits per heavy atom. The van der Waals surface area contributed by atoms with E-state index in [4.69, 9.17) is 0 Å². The lowest BCUT2D eigenvalue weighted by molar-refractivity contribution is 1.05. The van der Waals surface area contributed by atoms with Gasteiger partial charge in [0.05, 0.1) is 5.69 Å². The summed E-state index contributed by atoms with van der Waals surface area (Å²) in [6.07, 6.45) is 1.80. The Labute approximate surface area is 45.9 Å². The fourth-order valence-electron chi connectivity index (χ4n) is 0.334. The van der Waals surface area contributed by atoms with Crippen LogP contribution in [0.4, 0.5) is 0 Å². The van der Waals surface area contributed by atoms with Crippen molar-refractivity contribution in [2.24, 2.45) is 0 Å². The van der Waals surface area contributed by atoms with Crippen LogP contribution in [0, 0.1) is 6.92 Å². The summed E-state index contributed by atoms with van der Waals surface area (Å²) in [7, 11) is 0. The van der Waals surface area contributed by atoms with Crippen LogP contribution in [0.25, 0.3) is 0 Å². The summed E-state index contributed by atoms with van der Waals surface area (Å²) in [5.74, 6) is 0. The molecule has 0 aromatic carbocycles. The molecule has 7 heavy (non-hydrogen) atoms. The molecule has 1 rings (SSSR count). The van der Waals surface area contributed by atoms with Gasteiger partial charge >= 0.3 is 0 Å². The second-order valence-corrected chi connectivity index (χ2v) is 1.22. The van der Waals surface area contributed by atoms with E-state index in [1.54, 1.807) is 6.20 Å². The Bertz CT molecular complexity index is 113. The maximum Gasteiger partial charge on any atom is 0.0591 e. The van der Waals surface area contributed by atoms with E-state index < -0.39 is 0 Å². The number of nitrogens with zero attached hydrogens (tertiary/aromatic N) is 1. The number of aromatic nitrogens is 2. The number of aromatic amines is 1. The summed E-state index contributed by atoms with van der Waals surface area (Å²) in [5, 5.41) is 6.47. The number of nitrogens with one attached hydrogen (secondary N) is 1. The molecule has 1 aromatic rings. The fraction of sp³-hybridized carbons (Fsp3) is 0.250. The van der Waals surface area contributed by atoms with Gasteiger partial charge in [0.25, 0.3) is 0 Å². The zero-order valence-electron chi connectivity index (χ0n) is 4.31. The Kier molecular flexibility index (Phi) is 2.61. The van der Waals surface area contributed by atoms with Gasteiger partial charge in [0.1, 0.15) is 0 Å². The van der Waals surface area contributed by atoms with Gasteiger partial charge in [0.2, 0.25) is 0 Å². The highest BCUT2D eigenvalue weighted by atomic mass is 31.0. The number of aryl methyl sites for hydroxylation is 1. The second-order valence-electron chi connectivity index (χ2n) is 1.22. The van der Waals surface area contributed by atoms with Crippen LogP contribution in [0.2, 0.25) is 0 Å². The van der Waals surface area contributed by atoms with E-state index in [1.165, 1.54) is 0 Å². The minimum absolute atomic E-state index is 0. The van der Waals surface area contributed by atoms with Crippen LogP contribution in [0.5, 0.6) is 0 Å². The smallest absolute Gasteiger partial charge is 0.0591 e. The van der Waals surface area contributed by atoms with Gasteiger partial charge in [0.15, 0.2) is 0 Å². The zero-order chi connectivity index (χ0) is 4.41. The molecule has 0 aliphatic heterocycles. The fourth-order valence-corrected chi connectivity index (χ4v) is 0.334. The van der Waals surface area contributed by atoms with Crippen molar-refractivity contribution in [3.63, 3.8) is 0 Å². The van der Waals surface area contributed by atoms with Crippen molar-refractivity contribution in [1.29, 1.82) is 0 Å². The highest BCUT2D eigenvalue weighted by molar-refractivity contribution is 6.92. The van der Waals surface area contributed by atoms with Crippen LogP contribution in [0.1, 0.15) is 5.69 Å². The summed E-state index contributed by atoms with van der Waals surface area (Å²) >= 11 is 0. The zero-order valence-corrected chi connectivity index (χ0v) is 5.72. The van der Waals surface area contributed by atoms with Crippen molar-refractivity contribution in [1.82, 2.24) is 10.2 Å². The predicted octanol–water partition coefficient (Wildman–Crippen LogP) is 0.776. The molecule has 0 amide bonds. The Morgan fingerprint density at radius 2 is 2.43 bits per heavy atom. The molecule has 2 nitrogen and oxygen atoms in total. The molecule has 1 aromatic heterocycles. The standard InChI is InChI=1S/C4H6N2.H3P/c1-4-2-3-5-6-4;/h2-3H,1H3,(H,5,6);1H3. The molecular weight excluding hydrogens is 107 g/mol. The van der Waals surface area contributed by atoms with Gasteiger partial charge in [-0.2, -0.15) is 15.0 Å². The van der Waals surface area contributed by atoms with Crippen molar-refractivity contribution in [2.45, 2.75) is 6.92 Å². The monoisotopic (exact) mass is 116 g/mol. The summed E-state index contributed by atoms with van der Waals surface area (Å²) < 4.78 is 0. The van der Waals surface area contributed by atoms with E-state index in [1.807, 2.05) is 13.0 Å². The van der Waals surface area contributed by atoms with Crippen LogP contribution >= 0.6 is 9.90 Å². The molecule has 0 bridgehead atoms. The summed E-state index contributed by atoms with van der Waals surface area (Å²) in [6.45, 7) is 1.94. The third kappa shape index (κ3) is 1.69. The van der Waals surface area contributed by atoms with Crippen molar-refractivity contribution >= 4 is 9.90 Å². The molecule has 0 aliphatic rings. The lowest BCUT2D eigenvalue weighted by Crippen LogP contribution is -1.65. The first-order valence-corrected chi connectivity index (χ1v) is 1.86. The molecule has 1 N–H and O–H groups in total. The number of hydrogen-bond donors (Lipinski definition) is 1. The van der Waals surface area contributed by atoms with Gasteiger partial charge in [-0.1, -0.05) is 0 Å². The number of H-pyrrole nitrogens is 1. The first kappa shape index (κ1) is 6.64. The minimum atomic E-state index is 0. The second kappa shape index (κ2) is 2.75. The van der Waals surface area contributed by atoms with Gasteiger partial charge in [-0.3, -0.25) is 5.10 Å². The third-order valence-corrected chi connectivity index (χ3v) is 0.640. The average molecular weight is 116 g/mol. The van der Waals surface area contributed by atoms with Gasteiger partial charge in [-0.05, 0) is 13.0 Å². The first-order chi connectivity index (χ1) is 2.89. The topological polar surface area (TPSA) is 28.7 Å². The van der Waals surface area contributed by atoms with Crippen LogP contribution in [0.3, 0.4) is 0 Å². The van der Waals surface area contributed by atoms with E-state index >= 15 is 0 Å². The highest BCUT2D eigenvalue weighted by Gasteiger charge is 1.74. The molecule has 1 heterocycles. The molecule has 1 atom stereocenters. The van der Waals surface area contributed by atoms with Gasteiger partial charge in [-0.15, -0.1) is 0 Å². The Morgan fingerprint density at radius 1 is 1.71 bits per heavy atom. The molecule has 40 valence electrons. The van der Waals surface area contributed by atoms with Crippen molar-refractivity contribution in [3.8, 4) is 0 Å². The van der Waals surface area contributed by atoms with E-state index in [9.17, 15) is 0 Å². The number of hydrogen-bond acceptors (Lipinski definition) is 1. The number of rotatable bonds is 0.